The summed E-state index contributed by atoms with van der Waals surface area (Å²) in [4.78, 5) is 21.1. The summed E-state index contributed by atoms with van der Waals surface area (Å²) in [6, 6.07) is 7.29. The van der Waals surface area contributed by atoms with Gasteiger partial charge in [0.25, 0.3) is 0 Å². The van der Waals surface area contributed by atoms with E-state index in [0.717, 1.165) is 18.7 Å². The van der Waals surface area contributed by atoms with Gasteiger partial charge in [-0.1, -0.05) is 16.8 Å². The number of aromatic nitrogens is 2. The Balaban J connectivity index is 1.32. The molecule has 2 fully saturated rings. The first-order valence-corrected chi connectivity index (χ1v) is 9.90. The molecule has 2 aromatic rings. The summed E-state index contributed by atoms with van der Waals surface area (Å²) in [5, 5.41) is 4.69. The molecule has 1 saturated carbocycles. The maximum atomic E-state index is 12.6. The molecule has 9 heteroatoms. The van der Waals surface area contributed by atoms with E-state index in [2.05, 4.69) is 15.0 Å². The average molecular weight is 430 g/mol. The summed E-state index contributed by atoms with van der Waals surface area (Å²) in [5.74, 6) is 1.13. The van der Waals surface area contributed by atoms with E-state index in [4.69, 9.17) is 39.3 Å². The molecule has 0 radical (unpaired) electrons. The Morgan fingerprint density at radius 1 is 1.19 bits per heavy atom. The van der Waals surface area contributed by atoms with E-state index in [1.807, 2.05) is 24.0 Å². The minimum Gasteiger partial charge on any atom is -0.340 e. The molecule has 1 aliphatic carbocycles. The number of rotatable bonds is 4. The first-order valence-electron chi connectivity index (χ1n) is 8.77. The van der Waals surface area contributed by atoms with Gasteiger partial charge < -0.3 is 9.42 Å². The lowest BCUT2D eigenvalue weighted by molar-refractivity contribution is -0.138. The SMILES string of the molecule is C[C@@]1(C(=O)N2CCN(Cc3nc(-c4ccc(Cl)cc4)no3)CC2)CC1(Cl)Cl. The number of carbonyl (C=O) groups excluding carboxylic acids is 1. The van der Waals surface area contributed by atoms with Crippen LogP contribution in [0.2, 0.25) is 5.02 Å². The average Bonchev–Trinajstić information content (AvgIpc) is 2.96. The summed E-state index contributed by atoms with van der Waals surface area (Å²) < 4.78 is 4.44. The molecule has 0 spiro atoms. The van der Waals surface area contributed by atoms with E-state index >= 15 is 0 Å². The predicted molar refractivity (Wildman–Crippen MR) is 104 cm³/mol. The van der Waals surface area contributed by atoms with Crippen LogP contribution in [0.3, 0.4) is 0 Å². The Morgan fingerprint density at radius 2 is 1.81 bits per heavy atom. The molecule has 1 saturated heterocycles. The molecule has 0 N–H and O–H groups in total. The van der Waals surface area contributed by atoms with Crippen LogP contribution in [0.1, 0.15) is 19.2 Å². The van der Waals surface area contributed by atoms with Crippen molar-refractivity contribution in [2.45, 2.75) is 24.2 Å². The first kappa shape index (κ1) is 19.0. The number of hydrogen-bond donors (Lipinski definition) is 0. The number of benzene rings is 1. The fourth-order valence-corrected chi connectivity index (χ4v) is 4.14. The number of nitrogens with zero attached hydrogens (tertiary/aromatic N) is 4. The first-order chi connectivity index (χ1) is 12.8. The second-order valence-electron chi connectivity index (χ2n) is 7.30. The Kier molecular flexibility index (Phi) is 4.87. The maximum absolute atomic E-state index is 12.6. The molecule has 1 atom stereocenters. The van der Waals surface area contributed by atoms with Gasteiger partial charge in [-0.05, 0) is 37.6 Å². The van der Waals surface area contributed by atoms with Crippen molar-refractivity contribution in [3.63, 3.8) is 0 Å². The van der Waals surface area contributed by atoms with Crippen molar-refractivity contribution < 1.29 is 9.32 Å². The van der Waals surface area contributed by atoms with Crippen LogP contribution in [0, 0.1) is 5.41 Å². The van der Waals surface area contributed by atoms with Gasteiger partial charge in [-0.3, -0.25) is 9.69 Å². The molecule has 1 aromatic heterocycles. The summed E-state index contributed by atoms with van der Waals surface area (Å²) in [5.41, 5.74) is 0.200. The number of halogens is 3. The summed E-state index contributed by atoms with van der Waals surface area (Å²) >= 11 is 18.2. The highest BCUT2D eigenvalue weighted by molar-refractivity contribution is 6.53. The molecular formula is C18H19Cl3N4O2. The zero-order chi connectivity index (χ0) is 19.2. The van der Waals surface area contributed by atoms with Crippen molar-refractivity contribution in [3.8, 4) is 11.4 Å². The summed E-state index contributed by atoms with van der Waals surface area (Å²) in [6.45, 7) is 5.12. The lowest BCUT2D eigenvalue weighted by atomic mass is 10.1. The van der Waals surface area contributed by atoms with E-state index < -0.39 is 9.75 Å². The van der Waals surface area contributed by atoms with Crippen LogP contribution in [0.25, 0.3) is 11.4 Å². The van der Waals surface area contributed by atoms with Crippen LogP contribution in [-0.2, 0) is 11.3 Å². The van der Waals surface area contributed by atoms with Crippen molar-refractivity contribution >= 4 is 40.7 Å². The van der Waals surface area contributed by atoms with Crippen LogP contribution in [0.5, 0.6) is 0 Å². The number of carbonyl (C=O) groups is 1. The smallest absolute Gasteiger partial charge is 0.241 e. The van der Waals surface area contributed by atoms with Gasteiger partial charge in [0.1, 0.15) is 4.33 Å². The maximum Gasteiger partial charge on any atom is 0.241 e. The molecule has 0 unspecified atom stereocenters. The van der Waals surface area contributed by atoms with Gasteiger partial charge in [0.05, 0.1) is 12.0 Å². The molecule has 2 aliphatic rings. The minimum atomic E-state index is -0.928. The van der Waals surface area contributed by atoms with Crippen LogP contribution in [-0.4, -0.2) is 56.4 Å². The lowest BCUT2D eigenvalue weighted by Gasteiger charge is -2.35. The van der Waals surface area contributed by atoms with Crippen molar-refractivity contribution in [3.05, 3.63) is 35.2 Å². The number of amides is 1. The van der Waals surface area contributed by atoms with Gasteiger partial charge in [-0.2, -0.15) is 4.98 Å². The zero-order valence-electron chi connectivity index (χ0n) is 14.8. The number of alkyl halides is 2. The molecule has 1 amide bonds. The molecule has 1 aliphatic heterocycles. The van der Waals surface area contributed by atoms with Crippen LogP contribution < -0.4 is 0 Å². The molecule has 4 rings (SSSR count). The minimum absolute atomic E-state index is 0.0370. The highest BCUT2D eigenvalue weighted by Crippen LogP contribution is 2.64. The van der Waals surface area contributed by atoms with E-state index in [0.29, 0.717) is 42.8 Å². The fourth-order valence-electron chi connectivity index (χ4n) is 3.32. The Labute approximate surface area is 172 Å². The fraction of sp³-hybridized carbons (Fsp3) is 0.500. The molecule has 1 aromatic carbocycles. The van der Waals surface area contributed by atoms with Gasteiger partial charge in [-0.25, -0.2) is 0 Å². The van der Waals surface area contributed by atoms with Gasteiger partial charge in [0.2, 0.25) is 17.6 Å². The van der Waals surface area contributed by atoms with Crippen molar-refractivity contribution in [2.24, 2.45) is 5.41 Å². The Hall–Kier alpha value is -1.34. The second-order valence-corrected chi connectivity index (χ2v) is 9.22. The largest absolute Gasteiger partial charge is 0.340 e. The Bertz CT molecular complexity index is 847. The highest BCUT2D eigenvalue weighted by atomic mass is 35.5. The zero-order valence-corrected chi connectivity index (χ0v) is 17.1. The molecular weight excluding hydrogens is 411 g/mol. The van der Waals surface area contributed by atoms with Gasteiger partial charge >= 0.3 is 0 Å². The van der Waals surface area contributed by atoms with Crippen LogP contribution in [0.4, 0.5) is 0 Å². The van der Waals surface area contributed by atoms with Crippen LogP contribution in [0.15, 0.2) is 28.8 Å². The van der Waals surface area contributed by atoms with E-state index in [9.17, 15) is 4.79 Å². The standard InChI is InChI=1S/C18H19Cl3N4O2/c1-17(11-18(17,20)21)16(26)25-8-6-24(7-9-25)10-14-22-15(23-27-14)12-2-4-13(19)5-3-12/h2-5H,6-11H2,1H3/t17-/m0/s1. The van der Waals surface area contributed by atoms with E-state index in [-0.39, 0.29) is 5.91 Å². The van der Waals surface area contributed by atoms with Crippen molar-refractivity contribution in [2.75, 3.05) is 26.2 Å². The molecule has 2 heterocycles. The molecule has 27 heavy (non-hydrogen) atoms. The normalized spacial score (nSPS) is 24.8. The predicted octanol–water partition coefficient (Wildman–Crippen LogP) is 3.62. The van der Waals surface area contributed by atoms with Gasteiger partial charge in [-0.15, -0.1) is 23.2 Å². The van der Waals surface area contributed by atoms with E-state index in [1.54, 1.807) is 12.1 Å². The molecule has 0 bridgehead atoms. The third kappa shape index (κ3) is 3.68. The third-order valence-corrected chi connectivity index (χ3v) is 6.67. The topological polar surface area (TPSA) is 62.5 Å². The monoisotopic (exact) mass is 428 g/mol. The molecule has 6 nitrogen and oxygen atoms in total. The number of hydrogen-bond acceptors (Lipinski definition) is 5. The van der Waals surface area contributed by atoms with E-state index in [1.165, 1.54) is 0 Å². The van der Waals surface area contributed by atoms with Crippen molar-refractivity contribution in [1.29, 1.82) is 0 Å². The highest BCUT2D eigenvalue weighted by Gasteiger charge is 2.68. The third-order valence-electron chi connectivity index (χ3n) is 5.32. The van der Waals surface area contributed by atoms with Crippen molar-refractivity contribution in [1.82, 2.24) is 19.9 Å². The summed E-state index contributed by atoms with van der Waals surface area (Å²) in [7, 11) is 0. The second kappa shape index (κ2) is 6.92. The van der Waals surface area contributed by atoms with Gasteiger partial charge in [0.15, 0.2) is 0 Å². The van der Waals surface area contributed by atoms with Gasteiger partial charge in [0, 0.05) is 36.8 Å². The molecule has 144 valence electrons. The quantitative estimate of drug-likeness (QED) is 0.695. The van der Waals surface area contributed by atoms with Crippen LogP contribution >= 0.6 is 34.8 Å². The Morgan fingerprint density at radius 3 is 2.41 bits per heavy atom. The number of piperazine rings is 1. The summed E-state index contributed by atoms with van der Waals surface area (Å²) in [6.07, 6.45) is 0.512. The lowest BCUT2D eigenvalue weighted by Crippen LogP contribution is -2.50.